The summed E-state index contributed by atoms with van der Waals surface area (Å²) in [6, 6.07) is 6.37. The number of alkyl halides is 6. The van der Waals surface area contributed by atoms with Gasteiger partial charge in [-0.1, -0.05) is 12.1 Å². The molecule has 33 heavy (non-hydrogen) atoms. The van der Waals surface area contributed by atoms with Crippen molar-refractivity contribution in [2.24, 2.45) is 0 Å². The van der Waals surface area contributed by atoms with Crippen LogP contribution < -0.4 is 4.31 Å². The maximum absolute atomic E-state index is 13.3. The van der Waals surface area contributed by atoms with Gasteiger partial charge in [-0.05, 0) is 60.2 Å². The number of halogens is 7. The Bertz CT molecular complexity index is 1090. The quantitative estimate of drug-likeness (QED) is 0.316. The summed E-state index contributed by atoms with van der Waals surface area (Å²) >= 11 is 0. The average molecular weight is 491 g/mol. The number of nitrogens with zero attached hydrogens (tertiary/aromatic N) is 1. The molecule has 1 heterocycles. The fourth-order valence-electron chi connectivity index (χ4n) is 3.75. The second kappa shape index (κ2) is 9.17. The van der Waals surface area contributed by atoms with E-state index in [0.717, 1.165) is 24.3 Å². The normalized spacial score (nSPS) is 17.4. The molecule has 0 radical (unpaired) electrons. The average Bonchev–Trinajstić information content (AvgIpc) is 2.71. The Morgan fingerprint density at radius 3 is 2.24 bits per heavy atom. The number of aryl methyl sites for hydroxylation is 1. The number of ketones is 1. The summed E-state index contributed by atoms with van der Waals surface area (Å²) in [5.41, 5.74) is -0.754. The highest BCUT2D eigenvalue weighted by Gasteiger charge is 2.57. The molecule has 3 nitrogen and oxygen atoms in total. The van der Waals surface area contributed by atoms with Crippen LogP contribution in [-0.4, -0.2) is 28.4 Å². The van der Waals surface area contributed by atoms with Gasteiger partial charge in [0.2, 0.25) is 5.78 Å². The summed E-state index contributed by atoms with van der Waals surface area (Å²) in [6.45, 7) is 0. The molecule has 0 N–H and O–H groups in total. The van der Waals surface area contributed by atoms with E-state index < -0.39 is 52.5 Å². The van der Waals surface area contributed by atoms with Crippen LogP contribution in [0.5, 0.6) is 0 Å². The van der Waals surface area contributed by atoms with Crippen molar-refractivity contribution in [3.63, 3.8) is 0 Å². The molecule has 0 amide bonds. The van der Waals surface area contributed by atoms with Crippen molar-refractivity contribution < 1.29 is 39.7 Å². The van der Waals surface area contributed by atoms with Crippen LogP contribution in [-0.2, 0) is 22.2 Å². The molecule has 2 aromatic carbocycles. The van der Waals surface area contributed by atoms with Gasteiger partial charge in [0.05, 0.1) is 16.6 Å². The smallest absolute Gasteiger partial charge is 0.285 e. The van der Waals surface area contributed by atoms with Gasteiger partial charge in [-0.15, -0.1) is 6.42 Å². The highest BCUT2D eigenvalue weighted by Crippen LogP contribution is 2.47. The van der Waals surface area contributed by atoms with E-state index in [0.29, 0.717) is 6.07 Å². The summed E-state index contributed by atoms with van der Waals surface area (Å²) in [4.78, 5) is 12.0. The maximum atomic E-state index is 13.3. The summed E-state index contributed by atoms with van der Waals surface area (Å²) < 4.78 is 107. The van der Waals surface area contributed by atoms with Gasteiger partial charge in [0.15, 0.2) is 16.9 Å². The van der Waals surface area contributed by atoms with E-state index in [9.17, 15) is 39.7 Å². The maximum Gasteiger partial charge on any atom is 0.404 e. The van der Waals surface area contributed by atoms with Crippen molar-refractivity contribution in [3.8, 4) is 12.3 Å². The largest absolute Gasteiger partial charge is 0.404 e. The third kappa shape index (κ3) is 5.38. The zero-order chi connectivity index (χ0) is 24.6. The number of Topliss-reactive ketones (excluding diaryl/α,β-unsaturated/α-hetero) is 1. The van der Waals surface area contributed by atoms with Crippen molar-refractivity contribution in [1.29, 1.82) is 0 Å². The number of terminal acetylenes is 1. The number of anilines is 1. The minimum Gasteiger partial charge on any atom is -0.285 e. The molecule has 1 aliphatic heterocycles. The van der Waals surface area contributed by atoms with Crippen LogP contribution in [0.1, 0.15) is 29.9 Å². The molecule has 0 aliphatic carbocycles. The molecular formula is C22H16F7NO2S. The molecule has 0 bridgehead atoms. The van der Waals surface area contributed by atoms with Crippen LogP contribution in [0.25, 0.3) is 0 Å². The first-order valence-electron chi connectivity index (χ1n) is 9.55. The molecule has 0 spiro atoms. The van der Waals surface area contributed by atoms with Crippen molar-refractivity contribution in [2.45, 2.75) is 48.5 Å². The first-order valence-corrected chi connectivity index (χ1v) is 10.7. The van der Waals surface area contributed by atoms with Crippen LogP contribution in [0, 0.1) is 18.2 Å². The van der Waals surface area contributed by atoms with Crippen LogP contribution in [0.15, 0.2) is 47.4 Å². The first-order chi connectivity index (χ1) is 15.3. The zero-order valence-corrected chi connectivity index (χ0v) is 17.5. The van der Waals surface area contributed by atoms with Gasteiger partial charge in [0.25, 0.3) is 0 Å². The van der Waals surface area contributed by atoms with Gasteiger partial charge in [-0.2, -0.15) is 26.3 Å². The van der Waals surface area contributed by atoms with Gasteiger partial charge in [0.1, 0.15) is 5.82 Å². The molecular weight excluding hydrogens is 475 g/mol. The molecule has 11 heteroatoms. The van der Waals surface area contributed by atoms with E-state index in [1.165, 1.54) is 16.4 Å². The molecule has 1 aliphatic rings. The second-order valence-corrected chi connectivity index (χ2v) is 8.76. The van der Waals surface area contributed by atoms with Crippen LogP contribution in [0.4, 0.5) is 36.4 Å². The SMILES string of the molecule is C#CC(=O)C[C@@H]1CCc2cc(C(C(F)(F)F)C(F)(F)F)ccc2N1S(=O)c1ccc(F)cc1. The minimum absolute atomic E-state index is 0.0469. The predicted octanol–water partition coefficient (Wildman–Crippen LogP) is 5.47. The Kier molecular flexibility index (Phi) is 6.88. The predicted molar refractivity (Wildman–Crippen MR) is 107 cm³/mol. The number of hydrogen-bond donors (Lipinski definition) is 0. The fraction of sp³-hybridized carbons (Fsp3) is 0.318. The number of rotatable bonds is 5. The lowest BCUT2D eigenvalue weighted by Gasteiger charge is -2.37. The van der Waals surface area contributed by atoms with Crippen molar-refractivity contribution in [1.82, 2.24) is 0 Å². The Hall–Kier alpha value is -2.87. The molecule has 176 valence electrons. The Balaban J connectivity index is 2.08. The third-order valence-corrected chi connectivity index (χ3v) is 6.71. The molecule has 0 fully saturated rings. The lowest BCUT2D eigenvalue weighted by molar-refractivity contribution is -0.253. The molecule has 0 aromatic heterocycles. The summed E-state index contributed by atoms with van der Waals surface area (Å²) in [6.07, 6.45) is -6.06. The van der Waals surface area contributed by atoms with E-state index in [-0.39, 0.29) is 35.4 Å². The number of hydrogen-bond acceptors (Lipinski definition) is 2. The van der Waals surface area contributed by atoms with Gasteiger partial charge < -0.3 is 0 Å². The lowest BCUT2D eigenvalue weighted by atomic mass is 9.90. The van der Waals surface area contributed by atoms with E-state index in [1.807, 2.05) is 5.92 Å². The van der Waals surface area contributed by atoms with Crippen LogP contribution in [0.2, 0.25) is 0 Å². The number of carbonyl (C=O) groups excluding carboxylic acids is 1. The van der Waals surface area contributed by atoms with Gasteiger partial charge >= 0.3 is 12.4 Å². The second-order valence-electron chi connectivity index (χ2n) is 7.40. The third-order valence-electron chi connectivity index (χ3n) is 5.18. The Morgan fingerprint density at radius 1 is 1.09 bits per heavy atom. The fourth-order valence-corrected chi connectivity index (χ4v) is 5.15. The highest BCUT2D eigenvalue weighted by molar-refractivity contribution is 7.86. The van der Waals surface area contributed by atoms with E-state index in [2.05, 4.69) is 0 Å². The summed E-state index contributed by atoms with van der Waals surface area (Å²) in [5, 5.41) is 0. The molecule has 3 rings (SSSR count). The standard InChI is InChI=1S/C22H16F7NO2S/c1-2-17(31)12-16-7-3-13-11-14(20(21(24,25)26)22(27,28)29)4-10-19(13)30(16)33(32)18-8-5-15(23)6-9-18/h1,4-6,8-11,16,20H,3,7,12H2/t16-,33?/m0/s1. The van der Waals surface area contributed by atoms with E-state index in [4.69, 9.17) is 6.42 Å². The number of carbonyl (C=O) groups is 1. The molecule has 1 unspecified atom stereocenters. The Morgan fingerprint density at radius 2 is 1.70 bits per heavy atom. The topological polar surface area (TPSA) is 37.4 Å². The van der Waals surface area contributed by atoms with E-state index in [1.54, 1.807) is 0 Å². The first kappa shape index (κ1) is 24.8. The molecule has 2 aromatic rings. The van der Waals surface area contributed by atoms with Crippen LogP contribution in [0.3, 0.4) is 0 Å². The van der Waals surface area contributed by atoms with Gasteiger partial charge in [0, 0.05) is 6.42 Å². The summed E-state index contributed by atoms with van der Waals surface area (Å²) in [7, 11) is -2.04. The highest BCUT2D eigenvalue weighted by atomic mass is 32.2. The van der Waals surface area contributed by atoms with Crippen LogP contribution >= 0.6 is 0 Å². The van der Waals surface area contributed by atoms with Crippen molar-refractivity contribution in [2.75, 3.05) is 4.31 Å². The number of fused-ring (bicyclic) bond motifs is 1. The molecule has 0 saturated heterocycles. The molecule has 2 atom stereocenters. The monoisotopic (exact) mass is 491 g/mol. The van der Waals surface area contributed by atoms with Gasteiger partial charge in [-0.25, -0.2) is 8.60 Å². The van der Waals surface area contributed by atoms with Crippen molar-refractivity contribution >= 4 is 22.5 Å². The van der Waals surface area contributed by atoms with E-state index >= 15 is 0 Å². The number of benzene rings is 2. The lowest BCUT2D eigenvalue weighted by Crippen LogP contribution is -2.42. The molecule has 0 saturated carbocycles. The zero-order valence-electron chi connectivity index (χ0n) is 16.7. The van der Waals surface area contributed by atoms with Crippen molar-refractivity contribution in [3.05, 3.63) is 59.4 Å². The Labute approximate surface area is 187 Å². The summed E-state index contributed by atoms with van der Waals surface area (Å²) in [5.74, 6) is -2.93. The minimum atomic E-state index is -5.56. The van der Waals surface area contributed by atoms with Gasteiger partial charge in [-0.3, -0.25) is 9.10 Å².